The maximum absolute atomic E-state index is 14.1. The predicted molar refractivity (Wildman–Crippen MR) is 95.7 cm³/mol. The quantitative estimate of drug-likeness (QED) is 0.560. The van der Waals surface area contributed by atoms with Crippen molar-refractivity contribution >= 4 is 29.3 Å². The molecule has 2 rings (SSSR count). The summed E-state index contributed by atoms with van der Waals surface area (Å²) in [6.45, 7) is 2.76. The van der Waals surface area contributed by atoms with Gasteiger partial charge >= 0.3 is 17.8 Å². The van der Waals surface area contributed by atoms with Crippen LogP contribution in [0.25, 0.3) is 0 Å². The molecule has 0 saturated carbocycles. The van der Waals surface area contributed by atoms with Crippen LogP contribution in [0.15, 0.2) is 42.6 Å². The Kier molecular flexibility index (Phi) is 6.50. The van der Waals surface area contributed by atoms with Crippen LogP contribution in [0.5, 0.6) is 0 Å². The van der Waals surface area contributed by atoms with E-state index in [1.54, 1.807) is 12.2 Å². The second-order valence-electron chi connectivity index (χ2n) is 5.81. The van der Waals surface area contributed by atoms with E-state index in [2.05, 4.69) is 9.72 Å². The van der Waals surface area contributed by atoms with E-state index in [0.717, 1.165) is 5.56 Å². The highest BCUT2D eigenvalue weighted by Gasteiger charge is 2.68. The smallest absolute Gasteiger partial charge is 0.461 e. The molecule has 0 radical (unpaired) electrons. The van der Waals surface area contributed by atoms with Gasteiger partial charge in [0.25, 0.3) is 11.7 Å². The summed E-state index contributed by atoms with van der Waals surface area (Å²) in [7, 11) is 0. The van der Waals surface area contributed by atoms with Crippen molar-refractivity contribution < 1.29 is 32.5 Å². The van der Waals surface area contributed by atoms with Crippen LogP contribution in [-0.2, 0) is 9.53 Å². The number of nitrogens with one attached hydrogen (secondary N) is 3. The molecule has 0 saturated heterocycles. The molecule has 0 bridgehead atoms. The van der Waals surface area contributed by atoms with Gasteiger partial charge in [-0.1, -0.05) is 23.7 Å². The summed E-state index contributed by atoms with van der Waals surface area (Å²) in [5.41, 5.74) is -3.01. The molecule has 0 aliphatic rings. The molecule has 1 amide bonds. The van der Waals surface area contributed by atoms with Crippen molar-refractivity contribution in [2.75, 3.05) is 11.9 Å². The summed E-state index contributed by atoms with van der Waals surface area (Å²) in [5.74, 6) is -3.07. The third kappa shape index (κ3) is 4.53. The van der Waals surface area contributed by atoms with E-state index in [-0.39, 0.29) is 23.0 Å². The third-order valence-electron chi connectivity index (χ3n) is 3.72. The first-order valence-electron chi connectivity index (χ1n) is 8.18. The minimum atomic E-state index is -5.24. The maximum atomic E-state index is 14.1. The highest BCUT2D eigenvalue weighted by molar-refractivity contribution is 6.33. The number of hydrogen-bond acceptors (Lipinski definition) is 4. The van der Waals surface area contributed by atoms with Crippen LogP contribution < -0.4 is 15.6 Å². The fraction of sp³-hybridized carbons (Fsp3) is 0.278. The maximum Gasteiger partial charge on any atom is 0.464 e. The number of aromatic nitrogens is 1. The van der Waals surface area contributed by atoms with Crippen LogP contribution in [0.3, 0.4) is 0 Å². The lowest BCUT2D eigenvalue weighted by Gasteiger charge is -2.30. The van der Waals surface area contributed by atoms with Crippen LogP contribution in [0.2, 0.25) is 5.02 Å². The first kappa shape index (κ1) is 21.5. The van der Waals surface area contributed by atoms with E-state index in [9.17, 15) is 22.8 Å². The van der Waals surface area contributed by atoms with E-state index in [1.165, 1.54) is 49.5 Å². The standard InChI is InChI=1S/C18H17ClF3N3O3/c1-3-28-16(27)17(18(20,21)22,24-14-9-8-11(2)10-23-14)25-15(26)12-6-4-5-7-13(12)19/h4-10H,3H2,1-2H3,(H,23,24)(H,25,26)/p+1/t17-/m0/s1. The average molecular weight is 417 g/mol. The fourth-order valence-electron chi connectivity index (χ4n) is 2.30. The number of ether oxygens (including phenoxy) is 1. The number of alkyl halides is 3. The highest BCUT2D eigenvalue weighted by atomic mass is 35.5. The Hall–Kier alpha value is -2.81. The number of halogens is 4. The first-order chi connectivity index (χ1) is 13.1. The molecule has 6 nitrogen and oxygen atoms in total. The number of benzene rings is 1. The second kappa shape index (κ2) is 8.47. The van der Waals surface area contributed by atoms with Gasteiger partial charge in [-0.2, -0.15) is 13.2 Å². The van der Waals surface area contributed by atoms with Crippen molar-refractivity contribution in [3.05, 3.63) is 58.7 Å². The number of pyridine rings is 1. The van der Waals surface area contributed by atoms with Crippen molar-refractivity contribution in [2.24, 2.45) is 0 Å². The molecule has 0 spiro atoms. The lowest BCUT2D eigenvalue weighted by atomic mass is 10.1. The van der Waals surface area contributed by atoms with Crippen molar-refractivity contribution in [1.82, 2.24) is 5.32 Å². The Bertz CT molecular complexity index is 859. The number of esters is 1. The van der Waals surface area contributed by atoms with Gasteiger partial charge in [-0.25, -0.2) is 15.1 Å². The van der Waals surface area contributed by atoms with E-state index in [1.807, 2.05) is 5.32 Å². The topological polar surface area (TPSA) is 81.6 Å². The van der Waals surface area contributed by atoms with Gasteiger partial charge in [0, 0.05) is 6.07 Å². The molecule has 1 heterocycles. The highest BCUT2D eigenvalue weighted by Crippen LogP contribution is 2.33. The molecular formula is C18H18ClF3N3O3+. The molecule has 0 aliphatic carbocycles. The molecule has 1 aromatic heterocycles. The van der Waals surface area contributed by atoms with E-state index < -0.39 is 23.7 Å². The molecule has 2 aromatic rings. The number of amides is 1. The molecule has 0 fully saturated rings. The van der Waals surface area contributed by atoms with Gasteiger partial charge in [-0.3, -0.25) is 10.1 Å². The Morgan fingerprint density at radius 1 is 1.18 bits per heavy atom. The molecule has 1 aromatic carbocycles. The Balaban J connectivity index is 2.52. The minimum Gasteiger partial charge on any atom is -0.461 e. The summed E-state index contributed by atoms with van der Waals surface area (Å²) >= 11 is 5.90. The van der Waals surface area contributed by atoms with Gasteiger partial charge in [0.05, 0.1) is 23.4 Å². The monoisotopic (exact) mass is 416 g/mol. The fourth-order valence-corrected chi connectivity index (χ4v) is 2.52. The van der Waals surface area contributed by atoms with Crippen molar-refractivity contribution in [2.45, 2.75) is 25.7 Å². The van der Waals surface area contributed by atoms with Crippen LogP contribution in [0.4, 0.5) is 19.0 Å². The summed E-state index contributed by atoms with van der Waals surface area (Å²) in [6, 6.07) is 8.36. The number of rotatable bonds is 6. The molecule has 150 valence electrons. The summed E-state index contributed by atoms with van der Waals surface area (Å²) in [6.07, 6.45) is -3.81. The number of carbonyl (C=O) groups is 2. The van der Waals surface area contributed by atoms with Crippen LogP contribution in [0.1, 0.15) is 22.8 Å². The van der Waals surface area contributed by atoms with Crippen molar-refractivity contribution in [3.8, 4) is 0 Å². The Morgan fingerprint density at radius 2 is 1.86 bits per heavy atom. The Labute approximate surface area is 164 Å². The van der Waals surface area contributed by atoms with Crippen molar-refractivity contribution in [3.63, 3.8) is 0 Å². The molecule has 10 heteroatoms. The Morgan fingerprint density at radius 3 is 2.39 bits per heavy atom. The molecule has 28 heavy (non-hydrogen) atoms. The summed E-state index contributed by atoms with van der Waals surface area (Å²) < 4.78 is 46.8. The lowest BCUT2D eigenvalue weighted by molar-refractivity contribution is -0.363. The van der Waals surface area contributed by atoms with Gasteiger partial charge in [0.1, 0.15) is 0 Å². The SMILES string of the molecule is CCOC(=O)[C@@](NC(=O)c1ccccc1Cl)(Nc1ccc(C)c[nH+]1)C(F)(F)F. The predicted octanol–water partition coefficient (Wildman–Crippen LogP) is 3.13. The zero-order valence-corrected chi connectivity index (χ0v) is 15.7. The summed E-state index contributed by atoms with van der Waals surface area (Å²) in [4.78, 5) is 27.5. The average Bonchev–Trinajstić information content (AvgIpc) is 2.62. The number of hydrogen-bond donors (Lipinski definition) is 2. The zero-order valence-electron chi connectivity index (χ0n) is 15.0. The molecule has 1 atom stereocenters. The minimum absolute atomic E-state index is 0.0677. The number of carbonyl (C=O) groups excluding carboxylic acids is 2. The number of aromatic amines is 1. The van der Waals surface area contributed by atoms with Gasteiger partial charge in [-0.15, -0.1) is 0 Å². The zero-order chi connectivity index (χ0) is 20.9. The van der Waals surface area contributed by atoms with E-state index in [0.29, 0.717) is 0 Å². The molecular weight excluding hydrogens is 399 g/mol. The van der Waals surface area contributed by atoms with E-state index >= 15 is 0 Å². The van der Waals surface area contributed by atoms with Crippen molar-refractivity contribution in [1.29, 1.82) is 0 Å². The van der Waals surface area contributed by atoms with Gasteiger partial charge < -0.3 is 4.74 Å². The number of anilines is 1. The van der Waals surface area contributed by atoms with Gasteiger partial charge in [-0.05, 0) is 37.6 Å². The van der Waals surface area contributed by atoms with E-state index in [4.69, 9.17) is 11.6 Å². The second-order valence-corrected chi connectivity index (χ2v) is 6.21. The van der Waals surface area contributed by atoms with Crippen LogP contribution in [0, 0.1) is 6.92 Å². The van der Waals surface area contributed by atoms with Gasteiger partial charge in [0.15, 0.2) is 0 Å². The third-order valence-corrected chi connectivity index (χ3v) is 4.05. The van der Waals surface area contributed by atoms with Crippen LogP contribution >= 0.6 is 11.6 Å². The van der Waals surface area contributed by atoms with Crippen LogP contribution in [-0.4, -0.2) is 30.3 Å². The number of aryl methyl sites for hydroxylation is 1. The largest absolute Gasteiger partial charge is 0.464 e. The summed E-state index contributed by atoms with van der Waals surface area (Å²) in [5, 5.41) is 3.69. The lowest BCUT2D eigenvalue weighted by Crippen LogP contribution is -2.69. The molecule has 0 unspecified atom stereocenters. The number of H-pyrrole nitrogens is 1. The first-order valence-corrected chi connectivity index (χ1v) is 8.56. The molecule has 3 N–H and O–H groups in total. The normalized spacial score (nSPS) is 13.4. The molecule has 0 aliphatic heterocycles. The van der Waals surface area contributed by atoms with Gasteiger partial charge in [0.2, 0.25) is 0 Å².